The van der Waals surface area contributed by atoms with Gasteiger partial charge in [-0.1, -0.05) is 0 Å². The highest BCUT2D eigenvalue weighted by atomic mass is 16.6. The molecule has 0 aliphatic heterocycles. The summed E-state index contributed by atoms with van der Waals surface area (Å²) in [5.74, 6) is -1.66. The summed E-state index contributed by atoms with van der Waals surface area (Å²) in [6, 6.07) is 2.83. The molecule has 0 spiro atoms. The quantitative estimate of drug-likeness (QED) is 0.573. The number of nitro groups is 2. The van der Waals surface area contributed by atoms with Crippen molar-refractivity contribution >= 4 is 28.9 Å². The molecule has 0 atom stereocenters. The van der Waals surface area contributed by atoms with Crippen molar-refractivity contribution in [2.24, 2.45) is 0 Å². The first-order valence-corrected chi connectivity index (χ1v) is 5.75. The average molecular weight is 297 g/mol. The Morgan fingerprint density at radius 2 is 1.81 bits per heavy atom. The maximum absolute atomic E-state index is 11.5. The first kappa shape index (κ1) is 16.0. The summed E-state index contributed by atoms with van der Waals surface area (Å²) in [4.78, 5) is 41.6. The van der Waals surface area contributed by atoms with Gasteiger partial charge >= 0.3 is 5.97 Å². The van der Waals surface area contributed by atoms with Crippen LogP contribution in [0.5, 0.6) is 0 Å². The van der Waals surface area contributed by atoms with Gasteiger partial charge in [0, 0.05) is 18.9 Å². The van der Waals surface area contributed by atoms with Crippen molar-refractivity contribution in [3.05, 3.63) is 38.4 Å². The third-order valence-electron chi connectivity index (χ3n) is 2.46. The van der Waals surface area contributed by atoms with Crippen molar-refractivity contribution in [1.82, 2.24) is 0 Å². The molecule has 0 radical (unpaired) electrons. The minimum absolute atomic E-state index is 0.0853. The van der Waals surface area contributed by atoms with Crippen molar-refractivity contribution in [1.29, 1.82) is 0 Å². The van der Waals surface area contributed by atoms with Crippen LogP contribution in [-0.2, 0) is 9.59 Å². The van der Waals surface area contributed by atoms with Crippen LogP contribution in [0.1, 0.15) is 19.3 Å². The molecule has 1 amide bonds. The summed E-state index contributed by atoms with van der Waals surface area (Å²) in [6.45, 7) is 0. The number of anilines is 1. The third kappa shape index (κ3) is 4.86. The number of carbonyl (C=O) groups is 2. The molecule has 1 rings (SSSR count). The third-order valence-corrected chi connectivity index (χ3v) is 2.46. The Balaban J connectivity index is 2.82. The highest BCUT2D eigenvalue weighted by Crippen LogP contribution is 2.29. The number of nitrogens with zero attached hydrogens (tertiary/aromatic N) is 2. The molecule has 0 aliphatic carbocycles. The zero-order valence-corrected chi connectivity index (χ0v) is 10.6. The summed E-state index contributed by atoms with van der Waals surface area (Å²) in [5.41, 5.74) is -1.24. The van der Waals surface area contributed by atoms with E-state index >= 15 is 0 Å². The average Bonchev–Trinajstić information content (AvgIpc) is 2.38. The number of rotatable bonds is 7. The minimum Gasteiger partial charge on any atom is -0.481 e. The maximum atomic E-state index is 11.5. The van der Waals surface area contributed by atoms with Gasteiger partial charge in [-0.2, -0.15) is 0 Å². The first-order chi connectivity index (χ1) is 9.81. The van der Waals surface area contributed by atoms with Crippen LogP contribution in [0.4, 0.5) is 17.1 Å². The highest BCUT2D eigenvalue weighted by Gasteiger charge is 2.20. The van der Waals surface area contributed by atoms with Gasteiger partial charge in [0.25, 0.3) is 11.4 Å². The summed E-state index contributed by atoms with van der Waals surface area (Å²) >= 11 is 0. The molecule has 1 aromatic rings. The number of nitro benzene ring substituents is 2. The van der Waals surface area contributed by atoms with E-state index in [0.29, 0.717) is 0 Å². The van der Waals surface area contributed by atoms with Crippen LogP contribution in [0.3, 0.4) is 0 Å². The smallest absolute Gasteiger partial charge is 0.303 e. The van der Waals surface area contributed by atoms with Gasteiger partial charge < -0.3 is 10.4 Å². The molecule has 0 aromatic heterocycles. The predicted molar refractivity (Wildman–Crippen MR) is 69.9 cm³/mol. The second-order valence-electron chi connectivity index (χ2n) is 4.01. The van der Waals surface area contributed by atoms with Crippen molar-refractivity contribution in [3.8, 4) is 0 Å². The molecule has 21 heavy (non-hydrogen) atoms. The van der Waals surface area contributed by atoms with E-state index in [-0.39, 0.29) is 24.9 Å². The number of carbonyl (C=O) groups excluding carboxylic acids is 1. The number of carboxylic acid groups (broad SMARTS) is 1. The number of nitrogens with one attached hydrogen (secondary N) is 1. The van der Waals surface area contributed by atoms with Crippen molar-refractivity contribution in [2.75, 3.05) is 5.32 Å². The fourth-order valence-corrected chi connectivity index (χ4v) is 1.50. The van der Waals surface area contributed by atoms with Gasteiger partial charge in [-0.05, 0) is 12.5 Å². The molecule has 0 saturated carbocycles. The number of aliphatic carboxylic acids is 1. The fraction of sp³-hybridized carbons (Fsp3) is 0.273. The van der Waals surface area contributed by atoms with Crippen LogP contribution in [0, 0.1) is 20.2 Å². The topological polar surface area (TPSA) is 153 Å². The lowest BCUT2D eigenvalue weighted by atomic mass is 10.2. The zero-order chi connectivity index (χ0) is 16.0. The standard InChI is InChI=1S/C11H11N3O7/c15-10(2-1-3-11(16)17)12-8-5-4-7(13(18)19)6-9(8)14(20)21/h4-6H,1-3H2,(H,12,15)(H,16,17). The van der Waals surface area contributed by atoms with E-state index in [9.17, 15) is 29.8 Å². The van der Waals surface area contributed by atoms with Crippen LogP contribution >= 0.6 is 0 Å². The Morgan fingerprint density at radius 1 is 1.14 bits per heavy atom. The molecule has 0 bridgehead atoms. The predicted octanol–water partition coefficient (Wildman–Crippen LogP) is 1.70. The van der Waals surface area contributed by atoms with Gasteiger partial charge in [0.15, 0.2) is 0 Å². The van der Waals surface area contributed by atoms with Gasteiger partial charge in [-0.25, -0.2) is 0 Å². The number of benzene rings is 1. The van der Waals surface area contributed by atoms with E-state index in [2.05, 4.69) is 5.32 Å². The Bertz CT molecular complexity index is 599. The summed E-state index contributed by atoms with van der Waals surface area (Å²) in [6.07, 6.45) is -0.238. The van der Waals surface area contributed by atoms with E-state index < -0.39 is 33.1 Å². The Labute approximate surface area is 117 Å². The molecular formula is C11H11N3O7. The SMILES string of the molecule is O=C(O)CCCC(=O)Nc1ccc([N+](=O)[O-])cc1[N+](=O)[O-]. The molecule has 10 heteroatoms. The molecule has 0 saturated heterocycles. The molecule has 0 aliphatic rings. The van der Waals surface area contributed by atoms with Crippen LogP contribution in [-0.4, -0.2) is 26.8 Å². The lowest BCUT2D eigenvalue weighted by Gasteiger charge is -2.05. The highest BCUT2D eigenvalue weighted by molar-refractivity contribution is 5.93. The van der Waals surface area contributed by atoms with Crippen molar-refractivity contribution in [2.45, 2.75) is 19.3 Å². The fourth-order valence-electron chi connectivity index (χ4n) is 1.50. The normalized spacial score (nSPS) is 9.90. The van der Waals surface area contributed by atoms with Gasteiger partial charge in [0.1, 0.15) is 5.69 Å². The minimum atomic E-state index is -1.05. The summed E-state index contributed by atoms with van der Waals surface area (Å²) in [5, 5.41) is 32.1. The maximum Gasteiger partial charge on any atom is 0.303 e. The molecule has 112 valence electrons. The zero-order valence-electron chi connectivity index (χ0n) is 10.6. The van der Waals surface area contributed by atoms with Gasteiger partial charge in [-0.3, -0.25) is 29.8 Å². The monoisotopic (exact) mass is 297 g/mol. The van der Waals surface area contributed by atoms with Crippen molar-refractivity contribution in [3.63, 3.8) is 0 Å². The second kappa shape index (κ2) is 6.93. The Kier molecular flexibility index (Phi) is 5.29. The van der Waals surface area contributed by atoms with E-state index in [0.717, 1.165) is 18.2 Å². The van der Waals surface area contributed by atoms with E-state index in [1.165, 1.54) is 0 Å². The van der Waals surface area contributed by atoms with E-state index in [1.807, 2.05) is 0 Å². The van der Waals surface area contributed by atoms with Crippen LogP contribution < -0.4 is 5.32 Å². The number of hydrogen-bond donors (Lipinski definition) is 2. The van der Waals surface area contributed by atoms with Crippen LogP contribution in [0.15, 0.2) is 18.2 Å². The molecule has 10 nitrogen and oxygen atoms in total. The van der Waals surface area contributed by atoms with E-state index in [1.54, 1.807) is 0 Å². The molecule has 0 unspecified atom stereocenters. The second-order valence-corrected chi connectivity index (χ2v) is 4.01. The molecule has 1 aromatic carbocycles. The van der Waals surface area contributed by atoms with Crippen LogP contribution in [0.25, 0.3) is 0 Å². The van der Waals surface area contributed by atoms with Gasteiger partial charge in [-0.15, -0.1) is 0 Å². The lowest BCUT2D eigenvalue weighted by molar-refractivity contribution is -0.393. The van der Waals surface area contributed by atoms with Crippen molar-refractivity contribution < 1.29 is 24.5 Å². The molecule has 0 fully saturated rings. The molecular weight excluding hydrogens is 286 g/mol. The van der Waals surface area contributed by atoms with E-state index in [4.69, 9.17) is 5.11 Å². The molecule has 2 N–H and O–H groups in total. The Hall–Kier alpha value is -3.04. The number of non-ortho nitro benzene ring substituents is 1. The largest absolute Gasteiger partial charge is 0.481 e. The first-order valence-electron chi connectivity index (χ1n) is 5.75. The molecule has 0 heterocycles. The number of hydrogen-bond acceptors (Lipinski definition) is 6. The summed E-state index contributed by atoms with van der Waals surface area (Å²) in [7, 11) is 0. The summed E-state index contributed by atoms with van der Waals surface area (Å²) < 4.78 is 0. The Morgan fingerprint density at radius 3 is 2.33 bits per heavy atom. The van der Waals surface area contributed by atoms with Gasteiger partial charge in [0.05, 0.1) is 15.9 Å². The number of amides is 1. The van der Waals surface area contributed by atoms with Crippen LogP contribution in [0.2, 0.25) is 0 Å². The van der Waals surface area contributed by atoms with Gasteiger partial charge in [0.2, 0.25) is 5.91 Å². The lowest BCUT2D eigenvalue weighted by Crippen LogP contribution is -2.13. The number of carboxylic acids is 1.